The van der Waals surface area contributed by atoms with Gasteiger partial charge in [0.25, 0.3) is 0 Å². The predicted molar refractivity (Wildman–Crippen MR) is 49.6 cm³/mol. The number of carbonyl (C=O) groups is 1. The van der Waals surface area contributed by atoms with Crippen LogP contribution in [0, 0.1) is 0 Å². The topological polar surface area (TPSA) is 86.3 Å². The summed E-state index contributed by atoms with van der Waals surface area (Å²) in [5.74, 6) is -1.87. The summed E-state index contributed by atoms with van der Waals surface area (Å²) in [5, 5.41) is 2.28. The average Bonchev–Trinajstić information content (AvgIpc) is 2.02. The van der Waals surface area contributed by atoms with Crippen molar-refractivity contribution in [1.82, 2.24) is 0 Å². The number of para-hydroxylation sites is 1. The van der Waals surface area contributed by atoms with Gasteiger partial charge in [-0.15, -0.1) is 0 Å². The van der Waals surface area contributed by atoms with Crippen molar-refractivity contribution in [2.75, 3.05) is 11.1 Å². The van der Waals surface area contributed by atoms with Gasteiger partial charge in [0, 0.05) is 5.69 Å². The van der Waals surface area contributed by atoms with Crippen LogP contribution in [0.2, 0.25) is 0 Å². The number of amides is 1. The molecule has 1 N–H and O–H groups in total. The Morgan fingerprint density at radius 1 is 1.27 bits per heavy atom. The molecule has 1 aromatic rings. The zero-order valence-corrected chi connectivity index (χ0v) is 12.1. The summed E-state index contributed by atoms with van der Waals surface area (Å²) < 4.78 is 30.6. The number of hydrogen-bond acceptors (Lipinski definition) is 4. The molecule has 0 fully saturated rings. The molecule has 5 nitrogen and oxygen atoms in total. The molecule has 1 aromatic carbocycles. The molecule has 0 aliphatic rings. The van der Waals surface area contributed by atoms with E-state index in [1.807, 2.05) is 0 Å². The molecule has 76 valence electrons. The molecule has 0 spiro atoms. The fourth-order valence-electron chi connectivity index (χ4n) is 0.879. The smallest absolute Gasteiger partial charge is 0.748 e. The molecule has 0 aliphatic carbocycles. The SMILES string of the molecule is O=C(CS(=O)(=O)[O-])Nc1ccccc1.[K+]. The third-order valence-electron chi connectivity index (χ3n) is 1.37. The monoisotopic (exact) mass is 253 g/mol. The number of benzene rings is 1. The van der Waals surface area contributed by atoms with E-state index in [1.54, 1.807) is 30.3 Å². The van der Waals surface area contributed by atoms with E-state index >= 15 is 0 Å². The molecule has 0 aliphatic heterocycles. The Hall–Kier alpha value is 0.236. The molecule has 0 bridgehead atoms. The summed E-state index contributed by atoms with van der Waals surface area (Å²) in [6.07, 6.45) is 0. The van der Waals surface area contributed by atoms with Crippen LogP contribution >= 0.6 is 0 Å². The van der Waals surface area contributed by atoms with Gasteiger partial charge in [-0.1, -0.05) is 18.2 Å². The molecule has 0 unspecified atom stereocenters. The Balaban J connectivity index is 0.00000196. The van der Waals surface area contributed by atoms with Crippen LogP contribution in [0.25, 0.3) is 0 Å². The maximum Gasteiger partial charge on any atom is 1.00 e. The molecule has 15 heavy (non-hydrogen) atoms. The van der Waals surface area contributed by atoms with Crippen LogP contribution in [0.5, 0.6) is 0 Å². The first-order chi connectivity index (χ1) is 6.47. The second-order valence-electron chi connectivity index (χ2n) is 2.62. The van der Waals surface area contributed by atoms with E-state index < -0.39 is 21.8 Å². The van der Waals surface area contributed by atoms with Gasteiger partial charge in [0.1, 0.15) is 15.9 Å². The van der Waals surface area contributed by atoms with E-state index in [-0.39, 0.29) is 51.4 Å². The van der Waals surface area contributed by atoms with Gasteiger partial charge < -0.3 is 9.87 Å². The molecule has 1 amide bonds. The zero-order valence-electron chi connectivity index (χ0n) is 8.14. The quantitative estimate of drug-likeness (QED) is 0.465. The van der Waals surface area contributed by atoms with E-state index in [1.165, 1.54) is 0 Å². The number of hydrogen-bond donors (Lipinski definition) is 1. The third-order valence-corrected chi connectivity index (χ3v) is 1.98. The van der Waals surface area contributed by atoms with Crippen LogP contribution in [0.1, 0.15) is 0 Å². The number of anilines is 1. The minimum atomic E-state index is -4.51. The fourth-order valence-corrected chi connectivity index (χ4v) is 1.27. The Bertz CT molecular complexity index is 418. The molecule has 0 aromatic heterocycles. The molecule has 0 atom stereocenters. The van der Waals surface area contributed by atoms with Gasteiger partial charge in [0.05, 0.1) is 0 Å². The van der Waals surface area contributed by atoms with Crippen LogP contribution in [0.3, 0.4) is 0 Å². The molecule has 0 heterocycles. The Morgan fingerprint density at radius 2 is 1.80 bits per heavy atom. The van der Waals surface area contributed by atoms with Gasteiger partial charge in [-0.3, -0.25) is 4.79 Å². The minimum absolute atomic E-state index is 0. The Kier molecular flexibility index (Phi) is 6.85. The summed E-state index contributed by atoms with van der Waals surface area (Å²) in [5.41, 5.74) is 0.459. The van der Waals surface area contributed by atoms with Crippen molar-refractivity contribution < 1.29 is 69.1 Å². The van der Waals surface area contributed by atoms with Crippen molar-refractivity contribution >= 4 is 21.7 Å². The average molecular weight is 253 g/mol. The Morgan fingerprint density at radius 3 is 2.27 bits per heavy atom. The van der Waals surface area contributed by atoms with Gasteiger partial charge in [-0.05, 0) is 12.1 Å². The predicted octanol–water partition coefficient (Wildman–Crippen LogP) is -2.83. The molecule has 0 saturated heterocycles. The first-order valence-corrected chi connectivity index (χ1v) is 5.33. The van der Waals surface area contributed by atoms with Crippen molar-refractivity contribution in [1.29, 1.82) is 0 Å². The minimum Gasteiger partial charge on any atom is -0.748 e. The first kappa shape index (κ1) is 15.2. The number of rotatable bonds is 3. The number of nitrogens with one attached hydrogen (secondary N) is 1. The summed E-state index contributed by atoms with van der Waals surface area (Å²) >= 11 is 0. The molecular weight excluding hydrogens is 245 g/mol. The Labute approximate surface area is 130 Å². The van der Waals surface area contributed by atoms with Gasteiger partial charge in [0.15, 0.2) is 0 Å². The van der Waals surface area contributed by atoms with Crippen molar-refractivity contribution in [2.45, 2.75) is 0 Å². The van der Waals surface area contributed by atoms with Crippen LogP contribution in [0.4, 0.5) is 5.69 Å². The van der Waals surface area contributed by atoms with Crippen LogP contribution in [-0.2, 0) is 14.9 Å². The van der Waals surface area contributed by atoms with Crippen molar-refractivity contribution in [2.24, 2.45) is 0 Å². The van der Waals surface area contributed by atoms with Crippen molar-refractivity contribution in [3.05, 3.63) is 30.3 Å². The van der Waals surface area contributed by atoms with E-state index in [4.69, 9.17) is 0 Å². The summed E-state index contributed by atoms with van der Waals surface area (Å²) in [4.78, 5) is 10.9. The zero-order chi connectivity index (χ0) is 10.6. The molecule has 0 radical (unpaired) electrons. The standard InChI is InChI=1S/C8H9NO4S.K/c10-8(6-14(11,12)13)9-7-4-2-1-3-5-7;/h1-5H,6H2,(H,9,10)(H,11,12,13);/q;+1/p-1. The molecular formula is C8H8KNO4S. The first-order valence-electron chi connectivity index (χ1n) is 3.76. The molecule has 7 heteroatoms. The number of carbonyl (C=O) groups excluding carboxylic acids is 1. The molecule has 0 saturated carbocycles. The molecule has 1 rings (SSSR count). The summed E-state index contributed by atoms with van der Waals surface area (Å²) in [6.45, 7) is 0. The van der Waals surface area contributed by atoms with Gasteiger partial charge >= 0.3 is 51.4 Å². The third kappa shape index (κ3) is 7.17. The summed E-state index contributed by atoms with van der Waals surface area (Å²) in [7, 11) is -4.51. The van der Waals surface area contributed by atoms with Gasteiger partial charge in [-0.25, -0.2) is 8.42 Å². The van der Waals surface area contributed by atoms with E-state index in [0.717, 1.165) is 0 Å². The maximum absolute atomic E-state index is 10.9. The second kappa shape index (κ2) is 6.74. The van der Waals surface area contributed by atoms with Crippen LogP contribution in [-0.4, -0.2) is 24.6 Å². The van der Waals surface area contributed by atoms with Gasteiger partial charge in [-0.2, -0.15) is 0 Å². The van der Waals surface area contributed by atoms with Crippen molar-refractivity contribution in [3.8, 4) is 0 Å². The van der Waals surface area contributed by atoms with Crippen LogP contribution < -0.4 is 56.7 Å². The largest absolute Gasteiger partial charge is 1.00 e. The normalized spacial score (nSPS) is 10.2. The van der Waals surface area contributed by atoms with E-state index in [9.17, 15) is 17.8 Å². The van der Waals surface area contributed by atoms with Gasteiger partial charge in [0.2, 0.25) is 5.91 Å². The van der Waals surface area contributed by atoms with E-state index in [0.29, 0.717) is 5.69 Å². The maximum atomic E-state index is 10.9. The van der Waals surface area contributed by atoms with Crippen LogP contribution in [0.15, 0.2) is 30.3 Å². The van der Waals surface area contributed by atoms with Crippen molar-refractivity contribution in [3.63, 3.8) is 0 Å². The summed E-state index contributed by atoms with van der Waals surface area (Å²) in [6, 6.07) is 8.30. The van der Waals surface area contributed by atoms with E-state index in [2.05, 4.69) is 5.32 Å². The fraction of sp³-hybridized carbons (Fsp3) is 0.125. The second-order valence-corrected chi connectivity index (χ2v) is 4.02.